The Morgan fingerprint density at radius 3 is 2.54 bits per heavy atom. The molecule has 2 aliphatic rings. The number of piperidine rings is 1. The van der Waals surface area contributed by atoms with Gasteiger partial charge in [0.2, 0.25) is 5.95 Å². The van der Waals surface area contributed by atoms with E-state index in [1.807, 2.05) is 11.8 Å². The van der Waals surface area contributed by atoms with E-state index < -0.39 is 11.9 Å². The highest BCUT2D eigenvalue weighted by Crippen LogP contribution is 2.35. The zero-order valence-corrected chi connectivity index (χ0v) is 20.3. The van der Waals surface area contributed by atoms with Crippen molar-refractivity contribution in [2.75, 3.05) is 36.5 Å². The molecule has 0 saturated carbocycles. The van der Waals surface area contributed by atoms with Gasteiger partial charge in [-0.3, -0.25) is 0 Å². The molecule has 0 amide bonds. The number of thiocarbonyl (C=S) groups is 1. The fourth-order valence-electron chi connectivity index (χ4n) is 4.75. The van der Waals surface area contributed by atoms with Crippen molar-refractivity contribution in [1.82, 2.24) is 15.3 Å². The molecule has 0 unspecified atom stereocenters. The van der Waals surface area contributed by atoms with Gasteiger partial charge in [0, 0.05) is 43.8 Å². The number of rotatable bonds is 5. The van der Waals surface area contributed by atoms with Crippen LogP contribution < -0.4 is 15.5 Å². The molecule has 2 saturated heterocycles. The zero-order valence-electron chi connectivity index (χ0n) is 19.5. The lowest BCUT2D eigenvalue weighted by Gasteiger charge is -2.38. The van der Waals surface area contributed by atoms with Gasteiger partial charge in [0.1, 0.15) is 11.6 Å². The van der Waals surface area contributed by atoms with Gasteiger partial charge in [0.25, 0.3) is 0 Å². The molecule has 0 spiro atoms. The second-order valence-electron chi connectivity index (χ2n) is 9.18. The predicted molar refractivity (Wildman–Crippen MR) is 130 cm³/mol. The number of anilines is 2. The second kappa shape index (κ2) is 10.6. The average molecular weight is 512 g/mol. The summed E-state index contributed by atoms with van der Waals surface area (Å²) in [6, 6.07) is 7.42. The van der Waals surface area contributed by atoms with Gasteiger partial charge in [-0.05, 0) is 68.9 Å². The molecular weight excluding hydrogens is 482 g/mol. The average Bonchev–Trinajstić information content (AvgIpc) is 2.83. The molecule has 35 heavy (non-hydrogen) atoms. The lowest BCUT2D eigenvalue weighted by atomic mass is 9.74. The van der Waals surface area contributed by atoms with Gasteiger partial charge in [-0.2, -0.15) is 18.2 Å². The third-order valence-electron chi connectivity index (χ3n) is 6.82. The standard InChI is InChI=1S/C24H29F4N5OS/c1-16-4-2-3-11-33(16)20-14-19(24(26,27)28)30-21(31-20)32-22(35)29-15-23(9-12-34-13-10-23)17-5-7-18(25)8-6-17/h5-8,14,16H,2-4,9-13,15H2,1H3,(H2,29,30,31,32,35)/t16-/m0/s1. The lowest BCUT2D eigenvalue weighted by Crippen LogP contribution is -2.45. The van der Waals surface area contributed by atoms with Gasteiger partial charge in [-0.15, -0.1) is 0 Å². The third-order valence-corrected chi connectivity index (χ3v) is 7.07. The molecule has 11 heteroatoms. The summed E-state index contributed by atoms with van der Waals surface area (Å²) in [5.41, 5.74) is -0.409. The van der Waals surface area contributed by atoms with E-state index in [1.54, 1.807) is 12.1 Å². The largest absolute Gasteiger partial charge is 0.433 e. The Kier molecular flexibility index (Phi) is 7.75. The molecule has 0 aliphatic carbocycles. The normalized spacial score (nSPS) is 20.4. The molecule has 0 radical (unpaired) electrons. The van der Waals surface area contributed by atoms with Gasteiger partial charge in [-0.1, -0.05) is 12.1 Å². The van der Waals surface area contributed by atoms with E-state index in [0.717, 1.165) is 30.9 Å². The highest BCUT2D eigenvalue weighted by Gasteiger charge is 2.36. The minimum Gasteiger partial charge on any atom is -0.381 e. The van der Waals surface area contributed by atoms with Gasteiger partial charge in [-0.25, -0.2) is 9.37 Å². The highest BCUT2D eigenvalue weighted by molar-refractivity contribution is 7.80. The second-order valence-corrected chi connectivity index (χ2v) is 9.59. The van der Waals surface area contributed by atoms with Crippen LogP contribution in [0.1, 0.15) is 50.3 Å². The molecule has 2 N–H and O–H groups in total. The van der Waals surface area contributed by atoms with Crippen molar-refractivity contribution in [3.63, 3.8) is 0 Å². The summed E-state index contributed by atoms with van der Waals surface area (Å²) >= 11 is 5.40. The molecule has 2 fully saturated rings. The fraction of sp³-hybridized carbons (Fsp3) is 0.542. The molecule has 1 aromatic carbocycles. The first-order valence-corrected chi connectivity index (χ1v) is 12.2. The predicted octanol–water partition coefficient (Wildman–Crippen LogP) is 5.05. The molecule has 2 aliphatic heterocycles. The van der Waals surface area contributed by atoms with Crippen LogP contribution in [0.15, 0.2) is 30.3 Å². The molecule has 190 valence electrons. The third kappa shape index (κ3) is 6.19. The molecule has 3 heterocycles. The summed E-state index contributed by atoms with van der Waals surface area (Å²) in [6.45, 7) is 4.13. The Bertz CT molecular complexity index is 1030. The lowest BCUT2D eigenvalue weighted by molar-refractivity contribution is -0.141. The Morgan fingerprint density at radius 1 is 1.17 bits per heavy atom. The SMILES string of the molecule is C[C@H]1CCCCN1c1cc(C(F)(F)F)nc(NC(=S)NCC2(c3ccc(F)cc3)CCOCC2)n1. The van der Waals surface area contributed by atoms with E-state index >= 15 is 0 Å². The fourth-order valence-corrected chi connectivity index (χ4v) is 4.91. The maximum atomic E-state index is 13.6. The van der Waals surface area contributed by atoms with Crippen molar-refractivity contribution >= 4 is 29.1 Å². The van der Waals surface area contributed by atoms with Crippen LogP contribution in [0, 0.1) is 5.82 Å². The molecule has 6 nitrogen and oxygen atoms in total. The van der Waals surface area contributed by atoms with E-state index in [2.05, 4.69) is 20.6 Å². The Hall–Kier alpha value is -2.53. The van der Waals surface area contributed by atoms with Crippen LogP contribution in [-0.4, -0.2) is 47.4 Å². The maximum absolute atomic E-state index is 13.6. The van der Waals surface area contributed by atoms with Crippen molar-refractivity contribution in [2.45, 2.75) is 56.7 Å². The first kappa shape index (κ1) is 25.6. The van der Waals surface area contributed by atoms with Crippen LogP contribution in [0.25, 0.3) is 0 Å². The zero-order chi connectivity index (χ0) is 25.1. The molecular formula is C24H29F4N5OS. The Balaban J connectivity index is 1.51. The van der Waals surface area contributed by atoms with Crippen LogP contribution in [0.4, 0.5) is 29.3 Å². The number of alkyl halides is 3. The van der Waals surface area contributed by atoms with E-state index in [-0.39, 0.29) is 34.2 Å². The monoisotopic (exact) mass is 511 g/mol. The van der Waals surface area contributed by atoms with E-state index in [1.165, 1.54) is 12.1 Å². The van der Waals surface area contributed by atoms with E-state index in [4.69, 9.17) is 17.0 Å². The van der Waals surface area contributed by atoms with Crippen LogP contribution in [-0.2, 0) is 16.3 Å². The summed E-state index contributed by atoms with van der Waals surface area (Å²) < 4.78 is 59.7. The first-order valence-electron chi connectivity index (χ1n) is 11.8. The smallest absolute Gasteiger partial charge is 0.381 e. The number of hydrogen-bond donors (Lipinski definition) is 2. The van der Waals surface area contributed by atoms with Crippen molar-refractivity contribution in [2.24, 2.45) is 0 Å². The van der Waals surface area contributed by atoms with Crippen molar-refractivity contribution in [3.8, 4) is 0 Å². The minimum atomic E-state index is -4.61. The number of benzene rings is 1. The molecule has 1 atom stereocenters. The van der Waals surface area contributed by atoms with Crippen LogP contribution >= 0.6 is 12.2 Å². The summed E-state index contributed by atoms with van der Waals surface area (Å²) in [7, 11) is 0. The molecule has 0 bridgehead atoms. The van der Waals surface area contributed by atoms with Crippen LogP contribution in [0.5, 0.6) is 0 Å². The van der Waals surface area contributed by atoms with Gasteiger partial charge < -0.3 is 20.3 Å². The number of nitrogens with one attached hydrogen (secondary N) is 2. The summed E-state index contributed by atoms with van der Waals surface area (Å²) in [6.07, 6.45) is -0.390. The number of aromatic nitrogens is 2. The van der Waals surface area contributed by atoms with Gasteiger partial charge in [0.15, 0.2) is 10.8 Å². The van der Waals surface area contributed by atoms with Crippen molar-refractivity contribution < 1.29 is 22.3 Å². The Labute approximate surface area is 207 Å². The van der Waals surface area contributed by atoms with E-state index in [9.17, 15) is 17.6 Å². The molecule has 1 aromatic heterocycles. The summed E-state index contributed by atoms with van der Waals surface area (Å²) in [5.74, 6) is -0.286. The maximum Gasteiger partial charge on any atom is 0.433 e. The quantitative estimate of drug-likeness (QED) is 0.430. The summed E-state index contributed by atoms with van der Waals surface area (Å²) in [5, 5.41) is 5.98. The molecule has 2 aromatic rings. The van der Waals surface area contributed by atoms with Crippen molar-refractivity contribution in [1.29, 1.82) is 0 Å². The number of halogens is 4. The molecule has 4 rings (SSSR count). The van der Waals surface area contributed by atoms with Crippen LogP contribution in [0.3, 0.4) is 0 Å². The highest BCUT2D eigenvalue weighted by atomic mass is 32.1. The number of hydrogen-bond acceptors (Lipinski definition) is 5. The Morgan fingerprint density at radius 2 is 1.89 bits per heavy atom. The minimum absolute atomic E-state index is 0.0850. The topological polar surface area (TPSA) is 62.3 Å². The number of ether oxygens (including phenoxy) is 1. The van der Waals surface area contributed by atoms with E-state index in [0.29, 0.717) is 39.1 Å². The van der Waals surface area contributed by atoms with Gasteiger partial charge in [0.05, 0.1) is 0 Å². The van der Waals surface area contributed by atoms with Gasteiger partial charge >= 0.3 is 6.18 Å². The van der Waals surface area contributed by atoms with Crippen LogP contribution in [0.2, 0.25) is 0 Å². The summed E-state index contributed by atoms with van der Waals surface area (Å²) in [4.78, 5) is 9.92. The first-order chi connectivity index (χ1) is 16.7. The number of nitrogens with zero attached hydrogens (tertiary/aromatic N) is 3. The van der Waals surface area contributed by atoms with Crippen molar-refractivity contribution in [3.05, 3.63) is 47.4 Å².